The molecule has 20 heavy (non-hydrogen) atoms. The van der Waals surface area contributed by atoms with E-state index in [2.05, 4.69) is 16.5 Å². The Hall–Kier alpha value is -2.01. The van der Waals surface area contributed by atoms with Crippen LogP contribution in [0.2, 0.25) is 0 Å². The van der Waals surface area contributed by atoms with Gasteiger partial charge in [0.05, 0.1) is 25.5 Å². The van der Waals surface area contributed by atoms with Gasteiger partial charge in [-0.25, -0.2) is 4.68 Å². The van der Waals surface area contributed by atoms with E-state index in [1.54, 1.807) is 18.9 Å². The van der Waals surface area contributed by atoms with Crippen molar-refractivity contribution in [1.29, 1.82) is 0 Å². The van der Waals surface area contributed by atoms with Gasteiger partial charge in [-0.05, 0) is 24.6 Å². The Kier molecular flexibility index (Phi) is 4.63. The number of hydrogen-bond donors (Lipinski definition) is 1. The fraction of sp³-hybridized carbons (Fsp3) is 0.400. The Morgan fingerprint density at radius 3 is 2.70 bits per heavy atom. The largest absolute Gasteiger partial charge is 0.497 e. The predicted molar refractivity (Wildman–Crippen MR) is 78.0 cm³/mol. The minimum Gasteiger partial charge on any atom is -0.497 e. The highest BCUT2D eigenvalue weighted by Gasteiger charge is 2.12. The molecule has 2 rings (SSSR count). The summed E-state index contributed by atoms with van der Waals surface area (Å²) < 4.78 is 12.4. The third kappa shape index (κ3) is 3.11. The lowest BCUT2D eigenvalue weighted by atomic mass is 10.2. The molecule has 5 nitrogen and oxygen atoms in total. The maximum Gasteiger partial charge on any atom is 0.216 e. The van der Waals surface area contributed by atoms with Crippen LogP contribution in [-0.4, -0.2) is 24.0 Å². The van der Waals surface area contributed by atoms with Gasteiger partial charge < -0.3 is 14.8 Å². The van der Waals surface area contributed by atoms with Crippen LogP contribution < -0.4 is 14.8 Å². The van der Waals surface area contributed by atoms with Gasteiger partial charge in [0.2, 0.25) is 5.88 Å². The number of aromatic nitrogens is 2. The number of aryl methyl sites for hydroxylation is 2. The van der Waals surface area contributed by atoms with Crippen molar-refractivity contribution < 1.29 is 9.47 Å². The van der Waals surface area contributed by atoms with Crippen LogP contribution in [-0.2, 0) is 20.1 Å². The molecule has 1 aromatic carbocycles. The highest BCUT2D eigenvalue weighted by atomic mass is 16.5. The molecule has 1 heterocycles. The fourth-order valence-corrected chi connectivity index (χ4v) is 2.25. The van der Waals surface area contributed by atoms with Crippen molar-refractivity contribution in [2.45, 2.75) is 20.0 Å². The number of methoxy groups -OCH3 is 2. The van der Waals surface area contributed by atoms with Crippen LogP contribution in [0.5, 0.6) is 11.6 Å². The molecule has 5 heteroatoms. The van der Waals surface area contributed by atoms with E-state index in [0.717, 1.165) is 36.0 Å². The maximum absolute atomic E-state index is 5.38. The Balaban J connectivity index is 1.99. The molecule has 0 aliphatic rings. The number of benzene rings is 1. The average Bonchev–Trinajstić information content (AvgIpc) is 2.73. The lowest BCUT2D eigenvalue weighted by Gasteiger charge is -2.08. The van der Waals surface area contributed by atoms with E-state index in [1.165, 1.54) is 5.56 Å². The van der Waals surface area contributed by atoms with Gasteiger partial charge in [0.15, 0.2) is 0 Å². The summed E-state index contributed by atoms with van der Waals surface area (Å²) >= 11 is 0. The van der Waals surface area contributed by atoms with E-state index in [0.29, 0.717) is 0 Å². The average molecular weight is 275 g/mol. The van der Waals surface area contributed by atoms with E-state index < -0.39 is 0 Å². The molecule has 108 valence electrons. The van der Waals surface area contributed by atoms with Gasteiger partial charge in [0, 0.05) is 20.1 Å². The number of ether oxygens (including phenoxy) is 2. The van der Waals surface area contributed by atoms with Crippen molar-refractivity contribution in [1.82, 2.24) is 15.1 Å². The van der Waals surface area contributed by atoms with Gasteiger partial charge >= 0.3 is 0 Å². The second kappa shape index (κ2) is 6.43. The summed E-state index contributed by atoms with van der Waals surface area (Å²) in [6.07, 6.45) is 0. The zero-order chi connectivity index (χ0) is 14.5. The van der Waals surface area contributed by atoms with Crippen molar-refractivity contribution in [3.63, 3.8) is 0 Å². The summed E-state index contributed by atoms with van der Waals surface area (Å²) in [5.41, 5.74) is 3.27. The van der Waals surface area contributed by atoms with Gasteiger partial charge in [-0.3, -0.25) is 0 Å². The molecule has 0 spiro atoms. The van der Waals surface area contributed by atoms with Crippen molar-refractivity contribution in [2.75, 3.05) is 14.2 Å². The van der Waals surface area contributed by atoms with Gasteiger partial charge in [-0.2, -0.15) is 5.10 Å². The zero-order valence-corrected chi connectivity index (χ0v) is 12.4. The van der Waals surface area contributed by atoms with E-state index >= 15 is 0 Å². The van der Waals surface area contributed by atoms with Crippen LogP contribution in [0, 0.1) is 6.92 Å². The van der Waals surface area contributed by atoms with Crippen LogP contribution in [0.1, 0.15) is 16.8 Å². The molecule has 0 bridgehead atoms. The highest BCUT2D eigenvalue weighted by Crippen LogP contribution is 2.20. The van der Waals surface area contributed by atoms with Gasteiger partial charge in [0.25, 0.3) is 0 Å². The molecular weight excluding hydrogens is 254 g/mol. The SMILES string of the molecule is COc1cccc(CNCc2c(C)nn(C)c2OC)c1. The van der Waals surface area contributed by atoms with E-state index in [9.17, 15) is 0 Å². The normalized spacial score (nSPS) is 10.6. The van der Waals surface area contributed by atoms with Crippen molar-refractivity contribution in [3.8, 4) is 11.6 Å². The first kappa shape index (κ1) is 14.4. The summed E-state index contributed by atoms with van der Waals surface area (Å²) in [5.74, 6) is 1.68. The lowest BCUT2D eigenvalue weighted by Crippen LogP contribution is -2.13. The zero-order valence-electron chi connectivity index (χ0n) is 12.4. The van der Waals surface area contributed by atoms with Crippen molar-refractivity contribution in [3.05, 3.63) is 41.1 Å². The number of nitrogens with one attached hydrogen (secondary N) is 1. The smallest absolute Gasteiger partial charge is 0.216 e. The monoisotopic (exact) mass is 275 g/mol. The minimum atomic E-state index is 0.722. The topological polar surface area (TPSA) is 48.3 Å². The first-order valence-corrected chi connectivity index (χ1v) is 6.55. The molecule has 0 saturated carbocycles. The summed E-state index contributed by atoms with van der Waals surface area (Å²) in [7, 11) is 5.23. The van der Waals surface area contributed by atoms with Gasteiger partial charge in [-0.1, -0.05) is 12.1 Å². The molecule has 1 N–H and O–H groups in total. The molecule has 0 atom stereocenters. The molecule has 2 aromatic rings. The van der Waals surface area contributed by atoms with Crippen LogP contribution in [0.4, 0.5) is 0 Å². The van der Waals surface area contributed by atoms with Crippen LogP contribution in [0.3, 0.4) is 0 Å². The lowest BCUT2D eigenvalue weighted by molar-refractivity contribution is 0.368. The third-order valence-electron chi connectivity index (χ3n) is 3.25. The number of rotatable bonds is 6. The summed E-state index contributed by atoms with van der Waals surface area (Å²) in [6.45, 7) is 3.49. The molecule has 0 aliphatic carbocycles. The molecule has 0 fully saturated rings. The van der Waals surface area contributed by atoms with Gasteiger partial charge in [0.1, 0.15) is 5.75 Å². The first-order chi connectivity index (χ1) is 9.65. The Labute approximate surface area is 119 Å². The van der Waals surface area contributed by atoms with Crippen molar-refractivity contribution >= 4 is 0 Å². The summed E-state index contributed by atoms with van der Waals surface area (Å²) in [5, 5.41) is 7.78. The first-order valence-electron chi connectivity index (χ1n) is 6.55. The van der Waals surface area contributed by atoms with Crippen molar-refractivity contribution in [2.24, 2.45) is 7.05 Å². The van der Waals surface area contributed by atoms with Gasteiger partial charge in [-0.15, -0.1) is 0 Å². The highest BCUT2D eigenvalue weighted by molar-refractivity contribution is 5.31. The maximum atomic E-state index is 5.38. The molecular formula is C15H21N3O2. The predicted octanol–water partition coefficient (Wildman–Crippen LogP) is 2.04. The molecule has 0 amide bonds. The van der Waals surface area contributed by atoms with Crippen LogP contribution in [0.25, 0.3) is 0 Å². The van der Waals surface area contributed by atoms with E-state index in [1.807, 2.05) is 32.2 Å². The summed E-state index contributed by atoms with van der Waals surface area (Å²) in [4.78, 5) is 0. The second-order valence-corrected chi connectivity index (χ2v) is 4.65. The molecule has 0 unspecified atom stereocenters. The fourth-order valence-electron chi connectivity index (χ4n) is 2.25. The molecule has 1 aromatic heterocycles. The quantitative estimate of drug-likeness (QED) is 0.876. The Morgan fingerprint density at radius 1 is 1.20 bits per heavy atom. The van der Waals surface area contributed by atoms with Crippen LogP contribution in [0.15, 0.2) is 24.3 Å². The standard InChI is InChI=1S/C15H21N3O2/c1-11-14(15(20-4)18(2)17-11)10-16-9-12-6-5-7-13(8-12)19-3/h5-8,16H,9-10H2,1-4H3. The van der Waals surface area contributed by atoms with E-state index in [-0.39, 0.29) is 0 Å². The number of nitrogens with zero attached hydrogens (tertiary/aromatic N) is 2. The minimum absolute atomic E-state index is 0.722. The second-order valence-electron chi connectivity index (χ2n) is 4.65. The van der Waals surface area contributed by atoms with E-state index in [4.69, 9.17) is 9.47 Å². The molecule has 0 aliphatic heterocycles. The van der Waals surface area contributed by atoms with Crippen LogP contribution >= 0.6 is 0 Å². The Bertz CT molecular complexity index is 578. The Morgan fingerprint density at radius 2 is 2.00 bits per heavy atom. The summed E-state index contributed by atoms with van der Waals surface area (Å²) in [6, 6.07) is 8.03. The molecule has 0 saturated heterocycles. The number of hydrogen-bond acceptors (Lipinski definition) is 4. The molecule has 0 radical (unpaired) electrons. The third-order valence-corrected chi connectivity index (χ3v) is 3.25.